The number of fused-ring (bicyclic) bond motifs is 2. The highest BCUT2D eigenvalue weighted by Crippen LogP contribution is 2.35. The zero-order valence-electron chi connectivity index (χ0n) is 22.9. The molecule has 3 aromatic rings. The number of nitrogens with two attached hydrogens (primary N) is 2. The number of amides is 1. The molecule has 2 bridgehead atoms. The lowest BCUT2D eigenvalue weighted by molar-refractivity contribution is -0.137. The number of nitrogens with zero attached hydrogens (tertiary/aromatic N) is 5. The molecule has 2 fully saturated rings. The lowest BCUT2D eigenvalue weighted by atomic mass is 10.1. The Kier molecular flexibility index (Phi) is 7.77. The molecule has 2 unspecified atom stereocenters. The van der Waals surface area contributed by atoms with Crippen molar-refractivity contribution in [1.29, 1.82) is 0 Å². The first kappa shape index (κ1) is 28.9. The van der Waals surface area contributed by atoms with E-state index in [1.54, 1.807) is 24.0 Å². The Morgan fingerprint density at radius 3 is 2.56 bits per heavy atom. The van der Waals surface area contributed by atoms with Gasteiger partial charge in [-0.1, -0.05) is 11.6 Å². The van der Waals surface area contributed by atoms with Crippen molar-refractivity contribution in [3.05, 3.63) is 81.8 Å². The molecule has 1 amide bonds. The van der Waals surface area contributed by atoms with Gasteiger partial charge in [0.1, 0.15) is 0 Å². The molecule has 1 aromatic heterocycles. The van der Waals surface area contributed by atoms with Crippen LogP contribution in [0.3, 0.4) is 0 Å². The summed E-state index contributed by atoms with van der Waals surface area (Å²) < 4.78 is 43.0. The number of nitrogens with one attached hydrogen (secondary N) is 1. The standard InChI is InChI=1S/C28H32ClF3N8O/c1-16-23(11-35-38(16)3)25(33)15-40(34)26-8-18(4-5-24(26)29)27(41)36-20-7-17(6-19(9-20)28(30,31)32)12-39-14-21-10-22(39)13-37(21)2/h4-9,11,15,21-22H,10,12-14,33-34H2,1-3H3,(H,36,41)/b25-15-. The largest absolute Gasteiger partial charge is 0.416 e. The Balaban J connectivity index is 1.36. The van der Waals surface area contributed by atoms with Gasteiger partial charge in [-0.15, -0.1) is 0 Å². The summed E-state index contributed by atoms with van der Waals surface area (Å²) in [7, 11) is 3.85. The number of halogens is 4. The third-order valence-electron chi connectivity index (χ3n) is 7.90. The monoisotopic (exact) mass is 588 g/mol. The van der Waals surface area contributed by atoms with Gasteiger partial charge in [0, 0.05) is 67.5 Å². The number of benzene rings is 2. The van der Waals surface area contributed by atoms with Gasteiger partial charge < -0.3 is 16.0 Å². The molecule has 0 spiro atoms. The van der Waals surface area contributed by atoms with Crippen LogP contribution in [0.15, 0.2) is 48.8 Å². The van der Waals surface area contributed by atoms with Crippen LogP contribution >= 0.6 is 11.6 Å². The number of likely N-dealkylation sites (tertiary alicyclic amines) is 2. The summed E-state index contributed by atoms with van der Waals surface area (Å²) in [4.78, 5) is 17.7. The highest BCUT2D eigenvalue weighted by Gasteiger charge is 2.41. The number of hydrazine groups is 1. The Bertz CT molecular complexity index is 1500. The Labute approximate surface area is 241 Å². The molecule has 0 aliphatic carbocycles. The second-order valence-electron chi connectivity index (χ2n) is 10.7. The fourth-order valence-electron chi connectivity index (χ4n) is 5.52. The molecule has 2 aliphatic rings. The summed E-state index contributed by atoms with van der Waals surface area (Å²) in [6, 6.07) is 8.83. The highest BCUT2D eigenvalue weighted by molar-refractivity contribution is 6.33. The predicted octanol–water partition coefficient (Wildman–Crippen LogP) is 4.18. The molecule has 218 valence electrons. The van der Waals surface area contributed by atoms with Crippen LogP contribution in [-0.2, 0) is 19.8 Å². The average molecular weight is 589 g/mol. The second kappa shape index (κ2) is 11.0. The molecule has 2 saturated heterocycles. The maximum atomic E-state index is 13.8. The number of carbonyl (C=O) groups excluding carboxylic acids is 1. The topological polar surface area (TPSA) is 109 Å². The number of hydrogen-bond acceptors (Lipinski definition) is 7. The van der Waals surface area contributed by atoms with Crippen LogP contribution in [0, 0.1) is 6.92 Å². The van der Waals surface area contributed by atoms with Crippen molar-refractivity contribution in [3.8, 4) is 0 Å². The summed E-state index contributed by atoms with van der Waals surface area (Å²) in [5.74, 6) is 5.61. The number of rotatable bonds is 7. The molecule has 2 aliphatic heterocycles. The number of likely N-dealkylation sites (N-methyl/N-ethyl adjacent to an activating group) is 1. The quantitative estimate of drug-likeness (QED) is 0.281. The van der Waals surface area contributed by atoms with E-state index in [0.717, 1.165) is 37.3 Å². The number of piperazine rings is 1. The molecule has 2 atom stereocenters. The van der Waals surface area contributed by atoms with E-state index in [0.29, 0.717) is 35.5 Å². The van der Waals surface area contributed by atoms with Crippen LogP contribution in [0.25, 0.3) is 5.70 Å². The maximum absolute atomic E-state index is 13.8. The van der Waals surface area contributed by atoms with Gasteiger partial charge in [-0.3, -0.25) is 19.4 Å². The van der Waals surface area contributed by atoms with Crippen molar-refractivity contribution in [2.75, 3.05) is 30.5 Å². The minimum absolute atomic E-state index is 0.0543. The van der Waals surface area contributed by atoms with Gasteiger partial charge in [-0.2, -0.15) is 18.3 Å². The molecule has 0 radical (unpaired) electrons. The summed E-state index contributed by atoms with van der Waals surface area (Å²) >= 11 is 6.36. The van der Waals surface area contributed by atoms with Crippen molar-refractivity contribution >= 4 is 34.6 Å². The number of hydrogen-bond donors (Lipinski definition) is 3. The van der Waals surface area contributed by atoms with E-state index in [4.69, 9.17) is 23.2 Å². The van der Waals surface area contributed by atoms with Crippen molar-refractivity contribution < 1.29 is 18.0 Å². The van der Waals surface area contributed by atoms with Crippen LogP contribution < -0.4 is 21.9 Å². The van der Waals surface area contributed by atoms with E-state index in [2.05, 4.69) is 27.3 Å². The van der Waals surface area contributed by atoms with Crippen LogP contribution in [0.2, 0.25) is 5.02 Å². The lowest BCUT2D eigenvalue weighted by Crippen LogP contribution is -2.43. The van der Waals surface area contributed by atoms with Gasteiger partial charge in [-0.25, -0.2) is 5.84 Å². The van der Waals surface area contributed by atoms with E-state index >= 15 is 0 Å². The molecule has 0 saturated carbocycles. The lowest BCUT2D eigenvalue weighted by Gasteiger charge is -2.32. The molecular formula is C28H32ClF3N8O. The van der Waals surface area contributed by atoms with Crippen molar-refractivity contribution in [2.24, 2.45) is 18.6 Å². The predicted molar refractivity (Wildman–Crippen MR) is 153 cm³/mol. The van der Waals surface area contributed by atoms with Gasteiger partial charge in [-0.05, 0) is 62.4 Å². The molecule has 9 nitrogen and oxygen atoms in total. The molecular weight excluding hydrogens is 557 g/mol. The van der Waals surface area contributed by atoms with Crippen molar-refractivity contribution in [1.82, 2.24) is 19.6 Å². The van der Waals surface area contributed by atoms with E-state index in [-0.39, 0.29) is 22.0 Å². The first-order valence-corrected chi connectivity index (χ1v) is 13.4. The van der Waals surface area contributed by atoms with Gasteiger partial charge >= 0.3 is 6.18 Å². The SMILES string of the molecule is Cc1c(/C(N)=C/N(N)c2cc(C(=O)Nc3cc(CN4CC5CC4CN5C)cc(C(F)(F)F)c3)ccc2Cl)cnn1C. The normalized spacial score (nSPS) is 19.7. The molecule has 5 rings (SSSR count). The molecule has 2 aromatic carbocycles. The van der Waals surface area contributed by atoms with E-state index < -0.39 is 17.6 Å². The highest BCUT2D eigenvalue weighted by atomic mass is 35.5. The maximum Gasteiger partial charge on any atom is 0.416 e. The van der Waals surface area contributed by atoms with E-state index in [9.17, 15) is 18.0 Å². The number of aryl methyl sites for hydroxylation is 1. The van der Waals surface area contributed by atoms with Gasteiger partial charge in [0.05, 0.1) is 28.2 Å². The van der Waals surface area contributed by atoms with Crippen LogP contribution in [0.1, 0.15) is 39.2 Å². The smallest absolute Gasteiger partial charge is 0.397 e. The third-order valence-corrected chi connectivity index (χ3v) is 8.22. The van der Waals surface area contributed by atoms with Gasteiger partial charge in [0.15, 0.2) is 0 Å². The minimum atomic E-state index is -4.56. The first-order chi connectivity index (χ1) is 19.3. The first-order valence-electron chi connectivity index (χ1n) is 13.1. The van der Waals surface area contributed by atoms with Crippen molar-refractivity contribution in [2.45, 2.75) is 38.1 Å². The zero-order valence-corrected chi connectivity index (χ0v) is 23.7. The fraction of sp³-hybridized carbons (Fsp3) is 0.357. The molecule has 5 N–H and O–H groups in total. The summed E-state index contributed by atoms with van der Waals surface area (Å²) in [6.45, 7) is 3.93. The number of carbonyl (C=O) groups is 1. The van der Waals surface area contributed by atoms with E-state index in [1.807, 2.05) is 6.92 Å². The van der Waals surface area contributed by atoms with E-state index in [1.165, 1.54) is 29.4 Å². The summed E-state index contributed by atoms with van der Waals surface area (Å²) in [6.07, 6.45) is -0.490. The van der Waals surface area contributed by atoms with Gasteiger partial charge in [0.2, 0.25) is 0 Å². The molecule has 3 heterocycles. The second-order valence-corrected chi connectivity index (χ2v) is 11.1. The summed E-state index contributed by atoms with van der Waals surface area (Å²) in [5.41, 5.74) is 8.22. The van der Waals surface area contributed by atoms with Crippen LogP contribution in [0.5, 0.6) is 0 Å². The zero-order chi connectivity index (χ0) is 29.6. The Hall–Kier alpha value is -3.58. The Morgan fingerprint density at radius 2 is 1.95 bits per heavy atom. The molecule has 13 heteroatoms. The number of anilines is 2. The summed E-state index contributed by atoms with van der Waals surface area (Å²) in [5, 5.41) is 8.22. The van der Waals surface area contributed by atoms with Gasteiger partial charge in [0.25, 0.3) is 5.91 Å². The van der Waals surface area contributed by atoms with Crippen LogP contribution in [-0.4, -0.2) is 57.7 Å². The van der Waals surface area contributed by atoms with Crippen molar-refractivity contribution in [3.63, 3.8) is 0 Å². The molecule has 41 heavy (non-hydrogen) atoms. The Morgan fingerprint density at radius 1 is 1.20 bits per heavy atom. The minimum Gasteiger partial charge on any atom is -0.397 e. The number of aromatic nitrogens is 2. The third kappa shape index (κ3) is 6.05. The average Bonchev–Trinajstić information content (AvgIpc) is 3.57. The fourth-order valence-corrected chi connectivity index (χ4v) is 5.74. The number of alkyl halides is 3. The van der Waals surface area contributed by atoms with Crippen LogP contribution in [0.4, 0.5) is 24.5 Å².